The second-order valence-corrected chi connectivity index (χ2v) is 4.50. The SMILES string of the molecule is CN1NC=C2CCc3ccc(Cl)cc3N=C21. The summed E-state index contributed by atoms with van der Waals surface area (Å²) in [5.74, 6) is 1.00. The Morgan fingerprint density at radius 1 is 1.38 bits per heavy atom. The van der Waals surface area contributed by atoms with Crippen molar-refractivity contribution in [3.8, 4) is 0 Å². The van der Waals surface area contributed by atoms with Crippen LogP contribution in [0.5, 0.6) is 0 Å². The first kappa shape index (κ1) is 9.73. The molecule has 2 aliphatic heterocycles. The fourth-order valence-electron chi connectivity index (χ4n) is 2.08. The van der Waals surface area contributed by atoms with E-state index in [1.807, 2.05) is 30.4 Å². The van der Waals surface area contributed by atoms with E-state index in [1.165, 1.54) is 11.1 Å². The van der Waals surface area contributed by atoms with Gasteiger partial charge in [0.25, 0.3) is 0 Å². The molecule has 2 aliphatic rings. The van der Waals surface area contributed by atoms with Gasteiger partial charge >= 0.3 is 0 Å². The van der Waals surface area contributed by atoms with Gasteiger partial charge in [-0.15, -0.1) is 0 Å². The monoisotopic (exact) mass is 233 g/mol. The highest BCUT2D eigenvalue weighted by atomic mass is 35.5. The summed E-state index contributed by atoms with van der Waals surface area (Å²) in [5, 5.41) is 2.68. The molecule has 0 bridgehead atoms. The molecule has 0 fully saturated rings. The van der Waals surface area contributed by atoms with Crippen LogP contribution in [0.2, 0.25) is 5.02 Å². The molecule has 0 spiro atoms. The van der Waals surface area contributed by atoms with Crippen LogP contribution < -0.4 is 5.43 Å². The smallest absolute Gasteiger partial charge is 0.152 e. The van der Waals surface area contributed by atoms with Crippen LogP contribution in [0.3, 0.4) is 0 Å². The molecular formula is C12H12ClN3. The van der Waals surface area contributed by atoms with Gasteiger partial charge in [0, 0.05) is 23.8 Å². The standard InChI is InChI=1S/C12H12ClN3/c1-16-12-9(7-14-16)3-2-8-4-5-10(13)6-11(8)15-12/h4-7,14H,2-3H2,1H3. The summed E-state index contributed by atoms with van der Waals surface area (Å²) in [4.78, 5) is 4.67. The minimum atomic E-state index is 0.740. The van der Waals surface area contributed by atoms with Gasteiger partial charge in [-0.2, -0.15) is 0 Å². The zero-order valence-electron chi connectivity index (χ0n) is 9.00. The van der Waals surface area contributed by atoms with E-state index in [0.29, 0.717) is 0 Å². The van der Waals surface area contributed by atoms with E-state index in [2.05, 4.69) is 16.5 Å². The van der Waals surface area contributed by atoms with E-state index in [9.17, 15) is 0 Å². The van der Waals surface area contributed by atoms with Gasteiger partial charge in [0.05, 0.1) is 5.69 Å². The van der Waals surface area contributed by atoms with Crippen LogP contribution in [-0.2, 0) is 6.42 Å². The van der Waals surface area contributed by atoms with Crippen molar-refractivity contribution in [2.75, 3.05) is 7.05 Å². The highest BCUT2D eigenvalue weighted by molar-refractivity contribution is 6.30. The number of hydrazine groups is 1. The zero-order chi connectivity index (χ0) is 11.1. The fraction of sp³-hybridized carbons (Fsp3) is 0.250. The number of fused-ring (bicyclic) bond motifs is 2. The molecule has 1 aromatic rings. The van der Waals surface area contributed by atoms with Crippen LogP contribution in [0.15, 0.2) is 35.0 Å². The van der Waals surface area contributed by atoms with Crippen molar-refractivity contribution in [2.24, 2.45) is 4.99 Å². The molecule has 1 aromatic carbocycles. The molecule has 3 rings (SSSR count). The Bertz CT molecular complexity index is 505. The summed E-state index contributed by atoms with van der Waals surface area (Å²) >= 11 is 6.00. The minimum Gasteiger partial charge on any atom is -0.304 e. The highest BCUT2D eigenvalue weighted by Crippen LogP contribution is 2.31. The third-order valence-electron chi connectivity index (χ3n) is 2.97. The van der Waals surface area contributed by atoms with Crippen molar-refractivity contribution in [1.29, 1.82) is 0 Å². The van der Waals surface area contributed by atoms with Gasteiger partial charge < -0.3 is 5.43 Å². The van der Waals surface area contributed by atoms with Gasteiger partial charge in [0.2, 0.25) is 0 Å². The first-order chi connectivity index (χ1) is 7.74. The topological polar surface area (TPSA) is 27.6 Å². The van der Waals surface area contributed by atoms with E-state index in [1.54, 1.807) is 0 Å². The van der Waals surface area contributed by atoms with Crippen LogP contribution >= 0.6 is 11.6 Å². The van der Waals surface area contributed by atoms with Crippen LogP contribution in [0.25, 0.3) is 0 Å². The molecule has 0 aromatic heterocycles. The maximum atomic E-state index is 6.00. The lowest BCUT2D eigenvalue weighted by molar-refractivity contribution is 0.452. The molecule has 0 saturated heterocycles. The average molecular weight is 234 g/mol. The van der Waals surface area contributed by atoms with E-state index >= 15 is 0 Å². The van der Waals surface area contributed by atoms with Crippen LogP contribution in [-0.4, -0.2) is 17.9 Å². The fourth-order valence-corrected chi connectivity index (χ4v) is 2.25. The molecule has 0 atom stereocenters. The first-order valence-electron chi connectivity index (χ1n) is 5.30. The summed E-state index contributed by atoms with van der Waals surface area (Å²) in [6, 6.07) is 5.92. The summed E-state index contributed by atoms with van der Waals surface area (Å²) in [6.45, 7) is 0. The normalized spacial score (nSPS) is 18.0. The number of aryl methyl sites for hydroxylation is 1. The number of nitrogens with zero attached hydrogens (tertiary/aromatic N) is 2. The van der Waals surface area contributed by atoms with Crippen molar-refractivity contribution in [3.05, 3.63) is 40.6 Å². The third kappa shape index (κ3) is 1.48. The quantitative estimate of drug-likeness (QED) is 0.746. The molecule has 16 heavy (non-hydrogen) atoms. The lowest BCUT2D eigenvalue weighted by atomic mass is 10.1. The lowest BCUT2D eigenvalue weighted by Crippen LogP contribution is -2.30. The summed E-state index contributed by atoms with van der Waals surface area (Å²) in [6.07, 6.45) is 4.05. The number of hydrogen-bond donors (Lipinski definition) is 1. The van der Waals surface area contributed by atoms with Crippen molar-refractivity contribution >= 4 is 23.1 Å². The Labute approximate surface area is 99.4 Å². The van der Waals surface area contributed by atoms with Crippen molar-refractivity contribution in [2.45, 2.75) is 12.8 Å². The van der Waals surface area contributed by atoms with Crippen molar-refractivity contribution in [1.82, 2.24) is 10.4 Å². The summed E-state index contributed by atoms with van der Waals surface area (Å²) in [5.41, 5.74) is 6.65. The van der Waals surface area contributed by atoms with Crippen LogP contribution in [0, 0.1) is 0 Å². The summed E-state index contributed by atoms with van der Waals surface area (Å²) < 4.78 is 0. The Hall–Kier alpha value is -1.48. The van der Waals surface area contributed by atoms with Crippen LogP contribution in [0.1, 0.15) is 12.0 Å². The number of halogens is 1. The molecule has 0 saturated carbocycles. The van der Waals surface area contributed by atoms with E-state index in [0.717, 1.165) is 29.4 Å². The molecule has 3 nitrogen and oxygen atoms in total. The molecule has 82 valence electrons. The first-order valence-corrected chi connectivity index (χ1v) is 5.68. The van der Waals surface area contributed by atoms with Crippen molar-refractivity contribution < 1.29 is 0 Å². The maximum Gasteiger partial charge on any atom is 0.152 e. The van der Waals surface area contributed by atoms with E-state index in [4.69, 9.17) is 11.6 Å². The Morgan fingerprint density at radius 3 is 3.12 bits per heavy atom. The molecule has 1 N–H and O–H groups in total. The van der Waals surface area contributed by atoms with Gasteiger partial charge in [-0.05, 0) is 30.5 Å². The van der Waals surface area contributed by atoms with Gasteiger partial charge in [-0.3, -0.25) is 5.01 Å². The largest absolute Gasteiger partial charge is 0.304 e. The Balaban J connectivity index is 2.13. The molecule has 0 unspecified atom stereocenters. The van der Waals surface area contributed by atoms with Gasteiger partial charge in [0.15, 0.2) is 5.84 Å². The van der Waals surface area contributed by atoms with Gasteiger partial charge in [-0.25, -0.2) is 4.99 Å². The molecule has 4 heteroatoms. The van der Waals surface area contributed by atoms with E-state index < -0.39 is 0 Å². The van der Waals surface area contributed by atoms with Crippen LogP contribution in [0.4, 0.5) is 5.69 Å². The number of benzene rings is 1. The predicted octanol–water partition coefficient (Wildman–Crippen LogP) is 2.65. The number of likely N-dealkylation sites (N-methyl/N-ethyl adjacent to an activating group) is 1. The van der Waals surface area contributed by atoms with Gasteiger partial charge in [0.1, 0.15) is 0 Å². The summed E-state index contributed by atoms with van der Waals surface area (Å²) in [7, 11) is 1.97. The lowest BCUT2D eigenvalue weighted by Gasteiger charge is -2.13. The Morgan fingerprint density at radius 2 is 2.25 bits per heavy atom. The molecule has 0 radical (unpaired) electrons. The third-order valence-corrected chi connectivity index (χ3v) is 3.21. The average Bonchev–Trinajstić information content (AvgIpc) is 2.51. The molecular weight excluding hydrogens is 222 g/mol. The number of aliphatic imine (C=N–C) groups is 1. The highest BCUT2D eigenvalue weighted by Gasteiger charge is 2.21. The van der Waals surface area contributed by atoms with Gasteiger partial charge in [-0.1, -0.05) is 17.7 Å². The predicted molar refractivity (Wildman–Crippen MR) is 65.8 cm³/mol. The number of amidine groups is 1. The number of rotatable bonds is 0. The Kier molecular flexibility index (Phi) is 2.14. The number of nitrogens with one attached hydrogen (secondary N) is 1. The van der Waals surface area contributed by atoms with E-state index in [-0.39, 0.29) is 0 Å². The number of hydrogen-bond acceptors (Lipinski definition) is 3. The molecule has 0 aliphatic carbocycles. The zero-order valence-corrected chi connectivity index (χ0v) is 9.75. The van der Waals surface area contributed by atoms with Crippen molar-refractivity contribution in [3.63, 3.8) is 0 Å². The molecule has 2 heterocycles. The minimum absolute atomic E-state index is 0.740. The second-order valence-electron chi connectivity index (χ2n) is 4.07. The molecule has 0 amide bonds. The maximum absolute atomic E-state index is 6.00. The second kappa shape index (κ2) is 3.52.